The molecule has 0 bridgehead atoms. The minimum absolute atomic E-state index is 0.203. The van der Waals surface area contributed by atoms with Gasteiger partial charge in [-0.15, -0.1) is 0 Å². The van der Waals surface area contributed by atoms with Crippen molar-refractivity contribution >= 4 is 15.7 Å². The van der Waals surface area contributed by atoms with Crippen molar-refractivity contribution in [2.45, 2.75) is 11.8 Å². The number of hydrogen-bond donors (Lipinski definition) is 1. The maximum absolute atomic E-state index is 12.5. The minimum Gasteiger partial charge on any atom is -0.332 e. The van der Waals surface area contributed by atoms with Gasteiger partial charge in [-0.05, 0) is 43.3 Å². The Morgan fingerprint density at radius 1 is 0.964 bits per heavy atom. The smallest absolute Gasteiger partial charge is 0.278 e. The highest BCUT2D eigenvalue weighted by Crippen LogP contribution is 2.23. The fourth-order valence-corrected chi connectivity index (χ4v) is 3.53. The summed E-state index contributed by atoms with van der Waals surface area (Å²) in [5.74, 6) is 0.626. The van der Waals surface area contributed by atoms with Crippen LogP contribution in [0.25, 0.3) is 23.0 Å². The van der Waals surface area contributed by atoms with Crippen molar-refractivity contribution in [3.8, 4) is 23.0 Å². The summed E-state index contributed by atoms with van der Waals surface area (Å²) < 4.78 is 32.7. The molecule has 0 radical (unpaired) electrons. The molecule has 0 spiro atoms. The van der Waals surface area contributed by atoms with Crippen LogP contribution in [0.4, 0.5) is 5.69 Å². The van der Waals surface area contributed by atoms with Crippen LogP contribution in [0, 0.1) is 6.92 Å². The van der Waals surface area contributed by atoms with E-state index in [4.69, 9.17) is 4.52 Å². The first kappa shape index (κ1) is 17.8. The predicted octanol–water partition coefficient (Wildman–Crippen LogP) is 3.30. The zero-order chi connectivity index (χ0) is 19.6. The van der Waals surface area contributed by atoms with E-state index < -0.39 is 10.0 Å². The monoisotopic (exact) mass is 393 g/mol. The summed E-state index contributed by atoms with van der Waals surface area (Å²) in [6.45, 7) is 1.90. The van der Waals surface area contributed by atoms with Crippen molar-refractivity contribution in [2.24, 2.45) is 0 Å². The first-order valence-electron chi connectivity index (χ1n) is 8.31. The molecule has 0 aliphatic carbocycles. The molecule has 140 valence electrons. The van der Waals surface area contributed by atoms with Crippen LogP contribution in [0.1, 0.15) is 5.56 Å². The first-order valence-corrected chi connectivity index (χ1v) is 9.80. The molecule has 1 N–H and O–H groups in total. The number of aromatic nitrogens is 4. The maximum atomic E-state index is 12.5. The third kappa shape index (κ3) is 3.74. The molecule has 2 aromatic heterocycles. The highest BCUT2D eigenvalue weighted by molar-refractivity contribution is 7.92. The summed E-state index contributed by atoms with van der Waals surface area (Å²) in [5.41, 5.74) is 2.58. The van der Waals surface area contributed by atoms with Crippen LogP contribution in [0.2, 0.25) is 0 Å². The lowest BCUT2D eigenvalue weighted by molar-refractivity contribution is 0.431. The number of sulfonamides is 1. The summed E-state index contributed by atoms with van der Waals surface area (Å²) >= 11 is 0. The Kier molecular flexibility index (Phi) is 4.58. The minimum atomic E-state index is -3.65. The largest absolute Gasteiger partial charge is 0.332 e. The molecular weight excluding hydrogens is 378 g/mol. The molecule has 4 aromatic rings. The van der Waals surface area contributed by atoms with Gasteiger partial charge in [-0.2, -0.15) is 4.98 Å². The lowest BCUT2D eigenvalue weighted by atomic mass is 10.2. The second-order valence-corrected chi connectivity index (χ2v) is 7.69. The Hall–Kier alpha value is -3.59. The van der Waals surface area contributed by atoms with Crippen molar-refractivity contribution < 1.29 is 12.9 Å². The molecule has 8 nitrogen and oxygen atoms in total. The van der Waals surface area contributed by atoms with Gasteiger partial charge in [-0.3, -0.25) is 9.71 Å². The number of anilines is 1. The molecular formula is C19H15N5O3S. The second-order valence-electron chi connectivity index (χ2n) is 6.01. The molecule has 0 atom stereocenters. The fourth-order valence-electron chi connectivity index (χ4n) is 2.47. The van der Waals surface area contributed by atoms with Crippen molar-refractivity contribution in [2.75, 3.05) is 4.72 Å². The van der Waals surface area contributed by atoms with Crippen LogP contribution >= 0.6 is 0 Å². The number of rotatable bonds is 5. The number of aryl methyl sites for hydroxylation is 1. The van der Waals surface area contributed by atoms with Crippen LogP contribution in [-0.4, -0.2) is 28.5 Å². The van der Waals surface area contributed by atoms with Crippen molar-refractivity contribution in [1.82, 2.24) is 20.1 Å². The SMILES string of the molecule is Cc1ccc(S(=O)(=O)Nc2ccc(-c3noc(-c4cnccn4)n3)cc2)cc1. The lowest BCUT2D eigenvalue weighted by Crippen LogP contribution is -2.12. The molecule has 9 heteroatoms. The van der Waals surface area contributed by atoms with Crippen LogP contribution in [0.15, 0.2) is 76.5 Å². The van der Waals surface area contributed by atoms with E-state index in [2.05, 4.69) is 24.8 Å². The number of nitrogens with zero attached hydrogens (tertiary/aromatic N) is 4. The molecule has 0 aliphatic rings. The van der Waals surface area contributed by atoms with Crippen molar-refractivity contribution in [3.63, 3.8) is 0 Å². The van der Waals surface area contributed by atoms with E-state index >= 15 is 0 Å². The van der Waals surface area contributed by atoms with Gasteiger partial charge in [0, 0.05) is 23.6 Å². The predicted molar refractivity (Wildman–Crippen MR) is 103 cm³/mol. The van der Waals surface area contributed by atoms with Gasteiger partial charge in [0.15, 0.2) is 0 Å². The van der Waals surface area contributed by atoms with Gasteiger partial charge in [-0.1, -0.05) is 22.9 Å². The molecule has 2 heterocycles. The third-order valence-corrected chi connectivity index (χ3v) is 5.33. The van der Waals surface area contributed by atoms with E-state index in [1.165, 1.54) is 12.4 Å². The zero-order valence-electron chi connectivity index (χ0n) is 14.8. The summed E-state index contributed by atoms with van der Waals surface area (Å²) in [6.07, 6.45) is 4.62. The first-order chi connectivity index (χ1) is 13.5. The van der Waals surface area contributed by atoms with Crippen LogP contribution in [0.5, 0.6) is 0 Å². The Morgan fingerprint density at radius 3 is 2.39 bits per heavy atom. The number of hydrogen-bond acceptors (Lipinski definition) is 7. The standard InChI is InChI=1S/C19H15N5O3S/c1-13-2-8-16(9-3-13)28(25,26)24-15-6-4-14(5-7-15)18-22-19(27-23-18)17-12-20-10-11-21-17/h2-12,24H,1H3. The lowest BCUT2D eigenvalue weighted by Gasteiger charge is -2.08. The van der Waals surface area contributed by atoms with Crippen molar-refractivity contribution in [3.05, 3.63) is 72.7 Å². The van der Waals surface area contributed by atoms with Gasteiger partial charge >= 0.3 is 0 Å². The summed E-state index contributed by atoms with van der Waals surface area (Å²) in [6, 6.07) is 13.3. The third-order valence-electron chi connectivity index (χ3n) is 3.93. The van der Waals surface area contributed by atoms with E-state index in [0.29, 0.717) is 22.8 Å². The van der Waals surface area contributed by atoms with E-state index in [1.54, 1.807) is 54.7 Å². The van der Waals surface area contributed by atoms with Gasteiger partial charge in [0.1, 0.15) is 5.69 Å². The quantitative estimate of drug-likeness (QED) is 0.554. The highest BCUT2D eigenvalue weighted by Gasteiger charge is 2.15. The average molecular weight is 393 g/mol. The van der Waals surface area contributed by atoms with E-state index in [0.717, 1.165) is 5.56 Å². The normalized spacial score (nSPS) is 11.3. The molecule has 0 saturated heterocycles. The van der Waals surface area contributed by atoms with E-state index in [9.17, 15) is 8.42 Å². The van der Waals surface area contributed by atoms with Crippen molar-refractivity contribution in [1.29, 1.82) is 0 Å². The van der Waals surface area contributed by atoms with E-state index in [-0.39, 0.29) is 10.8 Å². The molecule has 28 heavy (non-hydrogen) atoms. The van der Waals surface area contributed by atoms with E-state index in [1.807, 2.05) is 6.92 Å². The zero-order valence-corrected chi connectivity index (χ0v) is 15.6. The molecule has 0 unspecified atom stereocenters. The van der Waals surface area contributed by atoms with Gasteiger partial charge < -0.3 is 4.52 Å². The molecule has 0 amide bonds. The summed E-state index contributed by atoms with van der Waals surface area (Å²) in [4.78, 5) is 12.6. The van der Waals surface area contributed by atoms with Crippen LogP contribution < -0.4 is 4.72 Å². The number of nitrogens with one attached hydrogen (secondary N) is 1. The summed E-state index contributed by atoms with van der Waals surface area (Å²) in [5, 5.41) is 3.93. The van der Waals surface area contributed by atoms with Gasteiger partial charge in [0.25, 0.3) is 15.9 Å². The topological polar surface area (TPSA) is 111 Å². The van der Waals surface area contributed by atoms with Gasteiger partial charge in [-0.25, -0.2) is 13.4 Å². The highest BCUT2D eigenvalue weighted by atomic mass is 32.2. The van der Waals surface area contributed by atoms with Crippen LogP contribution in [0.3, 0.4) is 0 Å². The average Bonchev–Trinajstić information content (AvgIpc) is 3.19. The molecule has 4 rings (SSSR count). The maximum Gasteiger partial charge on any atom is 0.278 e. The van der Waals surface area contributed by atoms with Gasteiger partial charge in [0.2, 0.25) is 5.82 Å². The Labute approximate surface area is 161 Å². The molecule has 0 fully saturated rings. The Bertz CT molecular complexity index is 1190. The molecule has 0 saturated carbocycles. The second kappa shape index (κ2) is 7.20. The Morgan fingerprint density at radius 2 is 1.71 bits per heavy atom. The molecule has 0 aliphatic heterocycles. The van der Waals surface area contributed by atoms with Gasteiger partial charge in [0.05, 0.1) is 11.1 Å². The fraction of sp³-hybridized carbons (Fsp3) is 0.0526. The number of benzene rings is 2. The molecule has 2 aromatic carbocycles. The Balaban J connectivity index is 1.53. The summed E-state index contributed by atoms with van der Waals surface area (Å²) in [7, 11) is -3.65. The van der Waals surface area contributed by atoms with Crippen LogP contribution in [-0.2, 0) is 10.0 Å².